The molecule has 0 spiro atoms. The summed E-state index contributed by atoms with van der Waals surface area (Å²) in [6, 6.07) is 22.3. The van der Waals surface area contributed by atoms with Crippen LogP contribution in [0, 0.1) is 0 Å². The SMILES string of the molecule is S=C(NCC1(c2ccc(Cl)cc2)CCOCC1)Nc1ccc(Sc2ccccc2)nc1. The molecule has 2 aromatic carbocycles. The molecule has 4 rings (SSSR count). The molecule has 31 heavy (non-hydrogen) atoms. The predicted molar refractivity (Wildman–Crippen MR) is 132 cm³/mol. The van der Waals surface area contributed by atoms with Gasteiger partial charge in [-0.2, -0.15) is 0 Å². The van der Waals surface area contributed by atoms with E-state index in [0.29, 0.717) is 5.11 Å². The van der Waals surface area contributed by atoms with Crippen LogP contribution in [0.2, 0.25) is 5.02 Å². The Balaban J connectivity index is 1.35. The van der Waals surface area contributed by atoms with E-state index in [1.54, 1.807) is 11.8 Å². The van der Waals surface area contributed by atoms with Crippen molar-refractivity contribution < 1.29 is 4.74 Å². The highest BCUT2D eigenvalue weighted by Crippen LogP contribution is 2.35. The van der Waals surface area contributed by atoms with Crippen LogP contribution in [0.3, 0.4) is 0 Å². The molecule has 0 atom stereocenters. The van der Waals surface area contributed by atoms with Crippen LogP contribution in [0.5, 0.6) is 0 Å². The van der Waals surface area contributed by atoms with Gasteiger partial charge in [-0.1, -0.05) is 53.7 Å². The maximum atomic E-state index is 6.09. The quantitative estimate of drug-likeness (QED) is 0.437. The van der Waals surface area contributed by atoms with Crippen molar-refractivity contribution in [1.82, 2.24) is 10.3 Å². The number of thiocarbonyl (C=S) groups is 1. The molecule has 0 unspecified atom stereocenters. The summed E-state index contributed by atoms with van der Waals surface area (Å²) >= 11 is 13.3. The van der Waals surface area contributed by atoms with Crippen LogP contribution in [0.1, 0.15) is 18.4 Å². The van der Waals surface area contributed by atoms with E-state index in [0.717, 1.165) is 53.2 Å². The zero-order chi connectivity index (χ0) is 21.5. The number of hydrogen-bond acceptors (Lipinski definition) is 4. The van der Waals surface area contributed by atoms with E-state index in [9.17, 15) is 0 Å². The van der Waals surface area contributed by atoms with Crippen LogP contribution in [0.4, 0.5) is 5.69 Å². The molecular formula is C24H24ClN3OS2. The molecule has 0 bridgehead atoms. The number of hydrogen-bond donors (Lipinski definition) is 2. The summed E-state index contributed by atoms with van der Waals surface area (Å²) < 4.78 is 5.61. The van der Waals surface area contributed by atoms with Crippen LogP contribution in [-0.4, -0.2) is 29.9 Å². The van der Waals surface area contributed by atoms with Crippen LogP contribution >= 0.6 is 35.6 Å². The first kappa shape index (κ1) is 22.1. The smallest absolute Gasteiger partial charge is 0.170 e. The first-order chi connectivity index (χ1) is 15.1. The fourth-order valence-corrected chi connectivity index (χ4v) is 4.77. The highest BCUT2D eigenvalue weighted by atomic mass is 35.5. The van der Waals surface area contributed by atoms with Crippen molar-refractivity contribution in [2.45, 2.75) is 28.2 Å². The van der Waals surface area contributed by atoms with Crippen molar-refractivity contribution in [3.8, 4) is 0 Å². The molecule has 1 saturated heterocycles. The molecule has 2 N–H and O–H groups in total. The van der Waals surface area contributed by atoms with Gasteiger partial charge in [0.2, 0.25) is 0 Å². The van der Waals surface area contributed by atoms with Crippen LogP contribution < -0.4 is 10.6 Å². The van der Waals surface area contributed by atoms with Crippen molar-refractivity contribution >= 4 is 46.4 Å². The number of nitrogens with zero attached hydrogens (tertiary/aromatic N) is 1. The predicted octanol–water partition coefficient (Wildman–Crippen LogP) is 5.92. The molecule has 1 fully saturated rings. The standard InChI is InChI=1S/C24H24ClN3OS2/c25-19-8-6-18(7-9-19)24(12-14-29-15-13-24)17-27-23(30)28-20-10-11-22(26-16-20)31-21-4-2-1-3-5-21/h1-11,16H,12-15,17H2,(H2,27,28,30). The number of benzene rings is 2. The van der Waals surface area contributed by atoms with E-state index in [4.69, 9.17) is 28.6 Å². The lowest BCUT2D eigenvalue weighted by Crippen LogP contribution is -2.45. The van der Waals surface area contributed by atoms with Gasteiger partial charge in [0.15, 0.2) is 5.11 Å². The lowest BCUT2D eigenvalue weighted by molar-refractivity contribution is 0.0515. The summed E-state index contributed by atoms with van der Waals surface area (Å²) in [6.07, 6.45) is 3.69. The average Bonchev–Trinajstić information content (AvgIpc) is 2.81. The largest absolute Gasteiger partial charge is 0.381 e. The molecule has 160 valence electrons. The van der Waals surface area contributed by atoms with Gasteiger partial charge in [-0.15, -0.1) is 0 Å². The lowest BCUT2D eigenvalue weighted by atomic mass is 9.74. The third-order valence-electron chi connectivity index (χ3n) is 5.45. The second-order valence-electron chi connectivity index (χ2n) is 7.51. The Morgan fingerprint density at radius 3 is 2.45 bits per heavy atom. The van der Waals surface area contributed by atoms with Gasteiger partial charge in [0.05, 0.1) is 11.9 Å². The van der Waals surface area contributed by atoms with Crippen molar-refractivity contribution in [2.75, 3.05) is 25.1 Å². The van der Waals surface area contributed by atoms with E-state index in [-0.39, 0.29) is 5.41 Å². The first-order valence-electron chi connectivity index (χ1n) is 10.2. The van der Waals surface area contributed by atoms with Gasteiger partial charge in [-0.05, 0) is 67.0 Å². The van der Waals surface area contributed by atoms with Crippen LogP contribution in [-0.2, 0) is 10.2 Å². The van der Waals surface area contributed by atoms with Crippen LogP contribution in [0.25, 0.3) is 0 Å². The average molecular weight is 470 g/mol. The summed E-state index contributed by atoms with van der Waals surface area (Å²) in [5.74, 6) is 0. The number of anilines is 1. The molecule has 0 saturated carbocycles. The minimum atomic E-state index is -0.0248. The fraction of sp³-hybridized carbons (Fsp3) is 0.250. The Hall–Kier alpha value is -2.12. The van der Waals surface area contributed by atoms with E-state index >= 15 is 0 Å². The molecule has 0 amide bonds. The maximum Gasteiger partial charge on any atom is 0.170 e. The summed E-state index contributed by atoms with van der Waals surface area (Å²) in [5, 5.41) is 8.93. The lowest BCUT2D eigenvalue weighted by Gasteiger charge is -2.38. The summed E-state index contributed by atoms with van der Waals surface area (Å²) in [6.45, 7) is 2.23. The molecule has 0 aliphatic carbocycles. The summed E-state index contributed by atoms with van der Waals surface area (Å²) in [7, 11) is 0. The molecule has 1 aliphatic rings. The summed E-state index contributed by atoms with van der Waals surface area (Å²) in [4.78, 5) is 5.69. The zero-order valence-electron chi connectivity index (χ0n) is 17.0. The molecule has 1 aliphatic heterocycles. The number of halogens is 1. The Bertz CT molecular complexity index is 992. The second kappa shape index (κ2) is 10.5. The van der Waals surface area contributed by atoms with E-state index in [1.807, 2.05) is 48.7 Å². The van der Waals surface area contributed by atoms with Crippen molar-refractivity contribution in [3.63, 3.8) is 0 Å². The van der Waals surface area contributed by atoms with Gasteiger partial charge in [0.25, 0.3) is 0 Å². The molecule has 7 heteroatoms. The third kappa shape index (κ3) is 5.98. The molecular weight excluding hydrogens is 446 g/mol. The molecule has 0 radical (unpaired) electrons. The highest BCUT2D eigenvalue weighted by Gasteiger charge is 2.34. The van der Waals surface area contributed by atoms with Gasteiger partial charge >= 0.3 is 0 Å². The molecule has 2 heterocycles. The fourth-order valence-electron chi connectivity index (χ4n) is 3.68. The Labute approximate surface area is 197 Å². The molecule has 3 aromatic rings. The van der Waals surface area contributed by atoms with Gasteiger partial charge in [-0.25, -0.2) is 4.98 Å². The van der Waals surface area contributed by atoms with Gasteiger partial charge in [0.1, 0.15) is 5.03 Å². The minimum Gasteiger partial charge on any atom is -0.381 e. The number of aromatic nitrogens is 1. The first-order valence-corrected chi connectivity index (χ1v) is 11.8. The Kier molecular flexibility index (Phi) is 7.45. The minimum absolute atomic E-state index is 0.0248. The maximum absolute atomic E-state index is 6.09. The third-order valence-corrected chi connectivity index (χ3v) is 6.91. The monoisotopic (exact) mass is 469 g/mol. The van der Waals surface area contributed by atoms with Gasteiger partial charge in [-0.3, -0.25) is 0 Å². The highest BCUT2D eigenvalue weighted by molar-refractivity contribution is 7.99. The zero-order valence-corrected chi connectivity index (χ0v) is 19.4. The number of rotatable bonds is 6. The van der Waals surface area contributed by atoms with E-state index < -0.39 is 0 Å². The number of ether oxygens (including phenoxy) is 1. The molecule has 1 aromatic heterocycles. The van der Waals surface area contributed by atoms with Crippen LogP contribution in [0.15, 0.2) is 82.8 Å². The number of nitrogens with one attached hydrogen (secondary N) is 2. The topological polar surface area (TPSA) is 46.2 Å². The van der Waals surface area contributed by atoms with Crippen molar-refractivity contribution in [3.05, 3.63) is 83.5 Å². The van der Waals surface area contributed by atoms with E-state index in [2.05, 4.69) is 39.9 Å². The van der Waals surface area contributed by atoms with Gasteiger partial charge < -0.3 is 15.4 Å². The second-order valence-corrected chi connectivity index (χ2v) is 9.45. The summed E-state index contributed by atoms with van der Waals surface area (Å²) in [5.41, 5.74) is 2.10. The Morgan fingerprint density at radius 1 is 1.03 bits per heavy atom. The number of pyridine rings is 1. The van der Waals surface area contributed by atoms with Crippen molar-refractivity contribution in [1.29, 1.82) is 0 Å². The van der Waals surface area contributed by atoms with Crippen molar-refractivity contribution in [2.24, 2.45) is 0 Å². The molecule has 4 nitrogen and oxygen atoms in total. The normalized spacial score (nSPS) is 15.3. The van der Waals surface area contributed by atoms with Gasteiger partial charge in [0, 0.05) is 35.1 Å². The van der Waals surface area contributed by atoms with E-state index in [1.165, 1.54) is 5.56 Å². The Morgan fingerprint density at radius 2 is 1.77 bits per heavy atom.